The van der Waals surface area contributed by atoms with Crippen molar-refractivity contribution in [2.45, 2.75) is 31.7 Å². The lowest BCUT2D eigenvalue weighted by atomic mass is 10.2. The number of piperazine rings is 1. The van der Waals surface area contributed by atoms with Gasteiger partial charge in [0, 0.05) is 25.7 Å². The van der Waals surface area contributed by atoms with E-state index in [1.807, 2.05) is 32.9 Å². The van der Waals surface area contributed by atoms with Crippen LogP contribution in [0, 0.1) is 13.8 Å². The highest BCUT2D eigenvalue weighted by molar-refractivity contribution is 7.89. The molecule has 0 amide bonds. The molecule has 4 nitrogen and oxygen atoms in total. The van der Waals surface area contributed by atoms with Crippen LogP contribution in [-0.2, 0) is 10.0 Å². The average molecular weight is 268 g/mol. The maximum absolute atomic E-state index is 12.6. The molecule has 1 saturated heterocycles. The minimum Gasteiger partial charge on any atom is -0.314 e. The molecule has 1 aromatic carbocycles. The Morgan fingerprint density at radius 2 is 2.06 bits per heavy atom. The summed E-state index contributed by atoms with van der Waals surface area (Å²) >= 11 is 0. The highest BCUT2D eigenvalue weighted by atomic mass is 32.2. The number of benzene rings is 1. The topological polar surface area (TPSA) is 49.4 Å². The number of nitrogens with zero attached hydrogens (tertiary/aromatic N) is 1. The summed E-state index contributed by atoms with van der Waals surface area (Å²) in [6.07, 6.45) is 0. The Hall–Kier alpha value is -0.910. The molecule has 1 fully saturated rings. The SMILES string of the molecule is Cc1ccc(S(=O)(=O)N2CCNC[C@H]2C)c(C)c1. The summed E-state index contributed by atoms with van der Waals surface area (Å²) in [5.74, 6) is 0. The largest absolute Gasteiger partial charge is 0.314 e. The van der Waals surface area contributed by atoms with E-state index < -0.39 is 10.0 Å². The van der Waals surface area contributed by atoms with Crippen molar-refractivity contribution in [1.82, 2.24) is 9.62 Å². The van der Waals surface area contributed by atoms with Crippen molar-refractivity contribution in [2.75, 3.05) is 19.6 Å². The first-order valence-corrected chi connectivity index (χ1v) is 7.67. The van der Waals surface area contributed by atoms with E-state index in [-0.39, 0.29) is 6.04 Å². The van der Waals surface area contributed by atoms with Gasteiger partial charge in [0.2, 0.25) is 10.0 Å². The fourth-order valence-corrected chi connectivity index (χ4v) is 4.23. The molecule has 0 aromatic heterocycles. The van der Waals surface area contributed by atoms with Crippen LogP contribution in [0.3, 0.4) is 0 Å². The van der Waals surface area contributed by atoms with Gasteiger partial charge in [0.05, 0.1) is 4.90 Å². The molecular formula is C13H20N2O2S. The van der Waals surface area contributed by atoms with E-state index in [9.17, 15) is 8.42 Å². The predicted molar refractivity (Wildman–Crippen MR) is 72.1 cm³/mol. The fourth-order valence-electron chi connectivity index (χ4n) is 2.39. The molecule has 1 aliphatic heterocycles. The van der Waals surface area contributed by atoms with Gasteiger partial charge in [0.15, 0.2) is 0 Å². The van der Waals surface area contributed by atoms with Gasteiger partial charge in [0.25, 0.3) is 0 Å². The predicted octanol–water partition coefficient (Wildman–Crippen LogP) is 1.29. The summed E-state index contributed by atoms with van der Waals surface area (Å²) < 4.78 is 26.9. The lowest BCUT2D eigenvalue weighted by molar-refractivity contribution is 0.283. The van der Waals surface area contributed by atoms with Crippen molar-refractivity contribution in [2.24, 2.45) is 0 Å². The molecule has 100 valence electrons. The van der Waals surface area contributed by atoms with E-state index >= 15 is 0 Å². The quantitative estimate of drug-likeness (QED) is 0.879. The average Bonchev–Trinajstić information content (AvgIpc) is 2.28. The highest BCUT2D eigenvalue weighted by Gasteiger charge is 2.31. The van der Waals surface area contributed by atoms with E-state index in [0.717, 1.165) is 11.1 Å². The number of sulfonamides is 1. The second-order valence-corrected chi connectivity index (χ2v) is 6.80. The fraction of sp³-hybridized carbons (Fsp3) is 0.538. The Balaban J connectivity index is 2.41. The molecule has 1 N–H and O–H groups in total. The first kappa shape index (κ1) is 13.5. The van der Waals surface area contributed by atoms with E-state index in [4.69, 9.17) is 0 Å². The van der Waals surface area contributed by atoms with Crippen molar-refractivity contribution >= 4 is 10.0 Å². The van der Waals surface area contributed by atoms with Crippen LogP contribution in [0.2, 0.25) is 0 Å². The van der Waals surface area contributed by atoms with Crippen molar-refractivity contribution in [3.63, 3.8) is 0 Å². The van der Waals surface area contributed by atoms with Gasteiger partial charge in [0.1, 0.15) is 0 Å². The van der Waals surface area contributed by atoms with Crippen molar-refractivity contribution < 1.29 is 8.42 Å². The maximum Gasteiger partial charge on any atom is 0.243 e. The molecule has 0 aliphatic carbocycles. The van der Waals surface area contributed by atoms with Crippen LogP contribution >= 0.6 is 0 Å². The standard InChI is InChI=1S/C13H20N2O2S/c1-10-4-5-13(11(2)8-10)18(16,17)15-7-6-14-9-12(15)3/h4-5,8,12,14H,6-7,9H2,1-3H3/t12-/m1/s1. The number of rotatable bonds is 2. The lowest BCUT2D eigenvalue weighted by Gasteiger charge is -2.33. The minimum atomic E-state index is -3.37. The molecule has 1 heterocycles. The summed E-state index contributed by atoms with van der Waals surface area (Å²) in [5, 5.41) is 3.21. The van der Waals surface area contributed by atoms with Crippen molar-refractivity contribution in [3.8, 4) is 0 Å². The van der Waals surface area contributed by atoms with E-state index in [2.05, 4.69) is 5.32 Å². The highest BCUT2D eigenvalue weighted by Crippen LogP contribution is 2.23. The molecule has 0 spiro atoms. The molecule has 0 radical (unpaired) electrons. The van der Waals surface area contributed by atoms with Gasteiger partial charge in [-0.25, -0.2) is 8.42 Å². The Bertz CT molecular complexity index is 540. The third-order valence-corrected chi connectivity index (χ3v) is 5.53. The molecule has 0 unspecified atom stereocenters. The van der Waals surface area contributed by atoms with Crippen LogP contribution < -0.4 is 5.32 Å². The monoisotopic (exact) mass is 268 g/mol. The van der Waals surface area contributed by atoms with Gasteiger partial charge in [-0.3, -0.25) is 0 Å². The summed E-state index contributed by atoms with van der Waals surface area (Å²) in [5.41, 5.74) is 1.90. The van der Waals surface area contributed by atoms with E-state index in [1.54, 1.807) is 10.4 Å². The number of nitrogens with one attached hydrogen (secondary N) is 1. The van der Waals surface area contributed by atoms with Crippen LogP contribution in [-0.4, -0.2) is 38.4 Å². The third-order valence-electron chi connectivity index (χ3n) is 3.36. The van der Waals surface area contributed by atoms with Gasteiger partial charge in [-0.1, -0.05) is 17.7 Å². The molecular weight excluding hydrogens is 248 g/mol. The third kappa shape index (κ3) is 2.43. The van der Waals surface area contributed by atoms with Crippen molar-refractivity contribution in [1.29, 1.82) is 0 Å². The van der Waals surface area contributed by atoms with Crippen LogP contribution in [0.1, 0.15) is 18.1 Å². The van der Waals surface area contributed by atoms with Crippen LogP contribution in [0.5, 0.6) is 0 Å². The number of hydrogen-bond donors (Lipinski definition) is 1. The number of aryl methyl sites for hydroxylation is 2. The summed E-state index contributed by atoms with van der Waals surface area (Å²) in [7, 11) is -3.37. The van der Waals surface area contributed by atoms with Gasteiger partial charge >= 0.3 is 0 Å². The summed E-state index contributed by atoms with van der Waals surface area (Å²) in [6.45, 7) is 7.73. The van der Waals surface area contributed by atoms with Gasteiger partial charge < -0.3 is 5.32 Å². The molecule has 5 heteroatoms. The first-order valence-electron chi connectivity index (χ1n) is 6.23. The van der Waals surface area contributed by atoms with E-state index in [1.165, 1.54) is 0 Å². The molecule has 1 atom stereocenters. The Morgan fingerprint density at radius 1 is 1.33 bits per heavy atom. The number of hydrogen-bond acceptors (Lipinski definition) is 3. The molecule has 0 bridgehead atoms. The molecule has 18 heavy (non-hydrogen) atoms. The molecule has 1 aliphatic rings. The summed E-state index contributed by atoms with van der Waals surface area (Å²) in [6, 6.07) is 5.49. The second kappa shape index (κ2) is 4.99. The van der Waals surface area contributed by atoms with Crippen molar-refractivity contribution in [3.05, 3.63) is 29.3 Å². The first-order chi connectivity index (χ1) is 8.43. The summed E-state index contributed by atoms with van der Waals surface area (Å²) in [4.78, 5) is 0.432. The molecule has 1 aromatic rings. The van der Waals surface area contributed by atoms with Crippen LogP contribution in [0.25, 0.3) is 0 Å². The second-order valence-electron chi connectivity index (χ2n) is 4.94. The zero-order valence-corrected chi connectivity index (χ0v) is 11.9. The van der Waals surface area contributed by atoms with Gasteiger partial charge in [-0.2, -0.15) is 4.31 Å². The van der Waals surface area contributed by atoms with Crippen LogP contribution in [0.15, 0.2) is 23.1 Å². The van der Waals surface area contributed by atoms with E-state index in [0.29, 0.717) is 24.5 Å². The molecule has 2 rings (SSSR count). The smallest absolute Gasteiger partial charge is 0.243 e. The Morgan fingerprint density at radius 3 is 2.67 bits per heavy atom. The molecule has 0 saturated carbocycles. The van der Waals surface area contributed by atoms with Crippen LogP contribution in [0.4, 0.5) is 0 Å². The zero-order chi connectivity index (χ0) is 13.3. The Kier molecular flexibility index (Phi) is 3.75. The lowest BCUT2D eigenvalue weighted by Crippen LogP contribution is -2.52. The van der Waals surface area contributed by atoms with Gasteiger partial charge in [-0.05, 0) is 32.4 Å². The van der Waals surface area contributed by atoms with Gasteiger partial charge in [-0.15, -0.1) is 0 Å². The maximum atomic E-state index is 12.6. The minimum absolute atomic E-state index is 0.00412. The zero-order valence-electron chi connectivity index (χ0n) is 11.1. The normalized spacial score (nSPS) is 22.1. The Labute approximate surface area is 109 Å².